The Morgan fingerprint density at radius 1 is 1.20 bits per heavy atom. The molecule has 25 heavy (non-hydrogen) atoms. The molecule has 1 aromatic rings. The molecule has 0 bridgehead atoms. The Hall–Kier alpha value is -1.50. The monoisotopic (exact) mass is 350 g/mol. The normalized spacial score (nSPS) is 24.2. The average molecular weight is 350 g/mol. The zero-order valence-electron chi connectivity index (χ0n) is 15.6. The smallest absolute Gasteiger partial charge is 0.164 e. The van der Waals surface area contributed by atoms with Gasteiger partial charge in [0.15, 0.2) is 11.5 Å². The number of nitrogens with zero attached hydrogens (tertiary/aromatic N) is 2. The molecule has 0 radical (unpaired) electrons. The van der Waals surface area contributed by atoms with Crippen LogP contribution in [-0.2, 0) is 6.54 Å². The number of rotatable bonds is 5. The van der Waals surface area contributed by atoms with E-state index in [0.29, 0.717) is 26.3 Å². The lowest BCUT2D eigenvalue weighted by atomic mass is 9.92. The van der Waals surface area contributed by atoms with E-state index in [0.717, 1.165) is 55.2 Å². The van der Waals surface area contributed by atoms with Crippen molar-refractivity contribution in [2.75, 3.05) is 54.1 Å². The van der Waals surface area contributed by atoms with Gasteiger partial charge in [0.05, 0.1) is 25.9 Å². The lowest BCUT2D eigenvalue weighted by Crippen LogP contribution is -2.52. The number of benzene rings is 1. The fraction of sp³-hybridized carbons (Fsp3) is 0.684. The van der Waals surface area contributed by atoms with Gasteiger partial charge < -0.3 is 24.2 Å². The van der Waals surface area contributed by atoms with Crippen molar-refractivity contribution in [2.24, 2.45) is 0 Å². The predicted octanol–water partition coefficient (Wildman–Crippen LogP) is 1.74. The molecule has 1 saturated heterocycles. The quantitative estimate of drug-likeness (QED) is 0.873. The summed E-state index contributed by atoms with van der Waals surface area (Å²) < 4.78 is 17.1. The van der Waals surface area contributed by atoms with Crippen LogP contribution >= 0.6 is 0 Å². The van der Waals surface area contributed by atoms with Crippen LogP contribution in [0, 0.1) is 0 Å². The van der Waals surface area contributed by atoms with Crippen molar-refractivity contribution in [2.45, 2.75) is 31.4 Å². The lowest BCUT2D eigenvalue weighted by Gasteiger charge is -2.40. The van der Waals surface area contributed by atoms with E-state index >= 15 is 0 Å². The van der Waals surface area contributed by atoms with E-state index < -0.39 is 5.60 Å². The summed E-state index contributed by atoms with van der Waals surface area (Å²) in [7, 11) is 5.69. The standard InChI is InChI=1S/C19H30N2O4/c1-20(2)13-19(22)6-4-7-21(14-19)12-15-10-17-18(11-16(15)23-3)25-9-5-8-24-17/h10-11,22H,4-9,12-14H2,1-3H3. The summed E-state index contributed by atoms with van der Waals surface area (Å²) >= 11 is 0. The summed E-state index contributed by atoms with van der Waals surface area (Å²) in [6, 6.07) is 3.95. The molecule has 0 saturated carbocycles. The van der Waals surface area contributed by atoms with Crippen LogP contribution in [0.5, 0.6) is 17.2 Å². The second kappa shape index (κ2) is 7.81. The number of likely N-dealkylation sites (tertiary alicyclic amines) is 1. The number of methoxy groups -OCH3 is 1. The van der Waals surface area contributed by atoms with Crippen LogP contribution in [0.1, 0.15) is 24.8 Å². The Bertz CT molecular complexity index is 593. The van der Waals surface area contributed by atoms with E-state index in [9.17, 15) is 5.11 Å². The number of likely N-dealkylation sites (N-methyl/N-ethyl adjacent to an activating group) is 1. The molecule has 0 amide bonds. The molecular weight excluding hydrogens is 320 g/mol. The van der Waals surface area contributed by atoms with Crippen molar-refractivity contribution in [3.8, 4) is 17.2 Å². The van der Waals surface area contributed by atoms with Crippen molar-refractivity contribution < 1.29 is 19.3 Å². The number of hydrogen-bond acceptors (Lipinski definition) is 6. The third kappa shape index (κ3) is 4.57. The first kappa shape index (κ1) is 18.3. The number of piperidine rings is 1. The fourth-order valence-corrected chi connectivity index (χ4v) is 3.85. The molecule has 3 rings (SSSR count). The molecule has 0 spiro atoms. The van der Waals surface area contributed by atoms with Gasteiger partial charge in [-0.1, -0.05) is 0 Å². The Balaban J connectivity index is 1.76. The number of ether oxygens (including phenoxy) is 3. The van der Waals surface area contributed by atoms with Crippen LogP contribution in [0.4, 0.5) is 0 Å². The summed E-state index contributed by atoms with van der Waals surface area (Å²) in [5.41, 5.74) is 0.418. The highest BCUT2D eigenvalue weighted by molar-refractivity contribution is 5.51. The average Bonchev–Trinajstić information content (AvgIpc) is 2.77. The van der Waals surface area contributed by atoms with E-state index in [2.05, 4.69) is 9.80 Å². The number of aliphatic hydroxyl groups is 1. The second-order valence-corrected chi connectivity index (χ2v) is 7.44. The zero-order valence-corrected chi connectivity index (χ0v) is 15.6. The van der Waals surface area contributed by atoms with Gasteiger partial charge in [0.1, 0.15) is 5.75 Å². The molecule has 1 aromatic carbocycles. The van der Waals surface area contributed by atoms with Crippen LogP contribution in [0.25, 0.3) is 0 Å². The molecule has 2 heterocycles. The van der Waals surface area contributed by atoms with Gasteiger partial charge >= 0.3 is 0 Å². The third-order valence-corrected chi connectivity index (χ3v) is 4.79. The Morgan fingerprint density at radius 3 is 2.60 bits per heavy atom. The lowest BCUT2D eigenvalue weighted by molar-refractivity contribution is -0.0481. The van der Waals surface area contributed by atoms with Gasteiger partial charge in [-0.2, -0.15) is 0 Å². The molecule has 140 valence electrons. The SMILES string of the molecule is COc1cc2c(cc1CN1CCCC(O)(CN(C)C)C1)OCCCO2. The van der Waals surface area contributed by atoms with Gasteiger partial charge in [0.25, 0.3) is 0 Å². The molecule has 1 fully saturated rings. The maximum atomic E-state index is 10.9. The van der Waals surface area contributed by atoms with E-state index in [1.54, 1.807) is 7.11 Å². The molecule has 6 nitrogen and oxygen atoms in total. The molecule has 1 unspecified atom stereocenters. The molecule has 1 N–H and O–H groups in total. The third-order valence-electron chi connectivity index (χ3n) is 4.79. The minimum atomic E-state index is -0.652. The summed E-state index contributed by atoms with van der Waals surface area (Å²) in [6.07, 6.45) is 2.73. The van der Waals surface area contributed by atoms with E-state index in [4.69, 9.17) is 14.2 Å². The zero-order chi connectivity index (χ0) is 17.9. The largest absolute Gasteiger partial charge is 0.496 e. The van der Waals surface area contributed by atoms with Crippen molar-refractivity contribution in [1.29, 1.82) is 0 Å². The highest BCUT2D eigenvalue weighted by atomic mass is 16.5. The molecule has 2 aliphatic heterocycles. The molecule has 6 heteroatoms. The number of fused-ring (bicyclic) bond motifs is 1. The van der Waals surface area contributed by atoms with Crippen molar-refractivity contribution in [3.05, 3.63) is 17.7 Å². The van der Waals surface area contributed by atoms with Crippen LogP contribution in [0.2, 0.25) is 0 Å². The molecule has 1 atom stereocenters. The van der Waals surface area contributed by atoms with Crippen LogP contribution in [0.3, 0.4) is 0 Å². The first-order chi connectivity index (χ1) is 12.0. The van der Waals surface area contributed by atoms with Gasteiger partial charge in [-0.15, -0.1) is 0 Å². The maximum Gasteiger partial charge on any atom is 0.164 e. The van der Waals surface area contributed by atoms with Crippen molar-refractivity contribution in [1.82, 2.24) is 9.80 Å². The molecule has 0 aromatic heterocycles. The minimum absolute atomic E-state index is 0.652. The van der Waals surface area contributed by atoms with Crippen molar-refractivity contribution in [3.63, 3.8) is 0 Å². The van der Waals surface area contributed by atoms with Crippen LogP contribution < -0.4 is 14.2 Å². The van der Waals surface area contributed by atoms with Crippen LogP contribution in [0.15, 0.2) is 12.1 Å². The summed E-state index contributed by atoms with van der Waals surface area (Å²) in [6.45, 7) is 4.40. The Morgan fingerprint density at radius 2 is 1.92 bits per heavy atom. The van der Waals surface area contributed by atoms with E-state index in [1.807, 2.05) is 26.2 Å². The predicted molar refractivity (Wildman–Crippen MR) is 96.6 cm³/mol. The second-order valence-electron chi connectivity index (χ2n) is 7.44. The van der Waals surface area contributed by atoms with Crippen LogP contribution in [-0.4, -0.2) is 74.6 Å². The fourth-order valence-electron chi connectivity index (χ4n) is 3.85. The first-order valence-corrected chi connectivity index (χ1v) is 9.05. The highest BCUT2D eigenvalue weighted by Crippen LogP contribution is 2.37. The van der Waals surface area contributed by atoms with Gasteiger partial charge in [-0.25, -0.2) is 0 Å². The molecule has 2 aliphatic rings. The van der Waals surface area contributed by atoms with Crippen molar-refractivity contribution >= 4 is 0 Å². The van der Waals surface area contributed by atoms with Gasteiger partial charge in [0, 0.05) is 37.7 Å². The van der Waals surface area contributed by atoms with Gasteiger partial charge in [-0.05, 0) is 39.5 Å². The van der Waals surface area contributed by atoms with Gasteiger partial charge in [-0.3, -0.25) is 4.90 Å². The molecular formula is C19H30N2O4. The maximum absolute atomic E-state index is 10.9. The Kier molecular flexibility index (Phi) is 5.71. The topological polar surface area (TPSA) is 54.4 Å². The first-order valence-electron chi connectivity index (χ1n) is 9.05. The van der Waals surface area contributed by atoms with E-state index in [1.165, 1.54) is 0 Å². The number of hydrogen-bond donors (Lipinski definition) is 1. The van der Waals surface area contributed by atoms with E-state index in [-0.39, 0.29) is 0 Å². The molecule has 0 aliphatic carbocycles. The minimum Gasteiger partial charge on any atom is -0.496 e. The number of β-amino-alcohol motifs (C(OH)–C–C–N with tert-alkyl or cyclic N) is 1. The van der Waals surface area contributed by atoms with Gasteiger partial charge in [0.2, 0.25) is 0 Å². The summed E-state index contributed by atoms with van der Waals surface area (Å²) in [4.78, 5) is 4.35. The highest BCUT2D eigenvalue weighted by Gasteiger charge is 2.34. The Labute approximate surface area is 150 Å². The summed E-state index contributed by atoms with van der Waals surface area (Å²) in [5, 5.41) is 10.9. The summed E-state index contributed by atoms with van der Waals surface area (Å²) in [5.74, 6) is 2.35.